The van der Waals surface area contributed by atoms with Gasteiger partial charge in [0.15, 0.2) is 34.4 Å². The molecule has 12 rings (SSSR count). The number of ether oxygens (including phenoxy) is 13. The van der Waals surface area contributed by atoms with Crippen molar-refractivity contribution in [2.75, 3.05) is 87.2 Å². The molecule has 3 N–H and O–H groups in total. The molecule has 4 amide bonds. The summed E-state index contributed by atoms with van der Waals surface area (Å²) < 4.78 is 77.9. The first-order valence-corrected chi connectivity index (χ1v) is 44.6. The van der Waals surface area contributed by atoms with E-state index in [0.29, 0.717) is 111 Å². The predicted octanol–water partition coefficient (Wildman–Crippen LogP) is 16.9. The fraction of sp³-hybridized carbons (Fsp3) is 0.421. The lowest BCUT2D eigenvalue weighted by Gasteiger charge is -2.68. The number of alkyl carbamates (subject to hydrolysis) is 1. The first kappa shape index (κ1) is 94.2. The van der Waals surface area contributed by atoms with Crippen molar-refractivity contribution in [2.24, 2.45) is 5.16 Å². The normalized spacial score (nSPS) is 17.5. The van der Waals surface area contributed by atoms with E-state index in [0.717, 1.165) is 52.4 Å². The van der Waals surface area contributed by atoms with Crippen LogP contribution in [0.15, 0.2) is 184 Å². The Kier molecular flexibility index (Phi) is 31.5. The molecule has 7 aromatic carbocycles. The molecule has 0 aromatic heterocycles. The molecule has 7 aromatic rings. The van der Waals surface area contributed by atoms with Gasteiger partial charge in [0.25, 0.3) is 17.7 Å². The second-order valence-electron chi connectivity index (χ2n) is 33.7. The summed E-state index contributed by atoms with van der Waals surface area (Å²) in [6, 6.07) is 42.4. The number of benzene rings is 7. The van der Waals surface area contributed by atoms with Crippen LogP contribution in [0.1, 0.15) is 149 Å². The van der Waals surface area contributed by atoms with Crippen molar-refractivity contribution in [1.29, 1.82) is 0 Å². The van der Waals surface area contributed by atoms with E-state index in [1.54, 1.807) is 136 Å². The lowest BCUT2D eigenvalue weighted by atomic mass is 9.82. The van der Waals surface area contributed by atoms with Crippen molar-refractivity contribution in [3.63, 3.8) is 0 Å². The largest absolute Gasteiger partial charge is 0.497 e. The van der Waals surface area contributed by atoms with Gasteiger partial charge in [-0.25, -0.2) is 14.4 Å². The Morgan fingerprint density at radius 3 is 1.58 bits per heavy atom. The van der Waals surface area contributed by atoms with Gasteiger partial charge >= 0.3 is 18.0 Å². The molecule has 0 bridgehead atoms. The number of oxime groups is 1. The van der Waals surface area contributed by atoms with Gasteiger partial charge in [0.05, 0.1) is 88.0 Å². The van der Waals surface area contributed by atoms with E-state index in [1.807, 2.05) is 120 Å². The maximum Gasteiger partial charge on any atom is 0.412 e. The van der Waals surface area contributed by atoms with Crippen molar-refractivity contribution < 1.29 is 99.7 Å². The third-order valence-electron chi connectivity index (χ3n) is 22.1. The summed E-state index contributed by atoms with van der Waals surface area (Å²) >= 11 is 17.6. The number of methoxy groups -OCH3 is 5. The number of hydrogen-bond donors (Lipinski definition) is 3. The third-order valence-corrected chi connectivity index (χ3v) is 25.1. The Morgan fingerprint density at radius 2 is 1.10 bits per heavy atom. The van der Waals surface area contributed by atoms with Crippen molar-refractivity contribution >= 4 is 88.2 Å². The average Bonchev–Trinajstić information content (AvgIpc) is 0.713. The zero-order valence-corrected chi connectivity index (χ0v) is 76.8. The van der Waals surface area contributed by atoms with E-state index in [4.69, 9.17) is 89.6 Å². The zero-order valence-electron chi connectivity index (χ0n) is 73.7. The highest BCUT2D eigenvalue weighted by molar-refractivity contribution is 8.05. The molecule has 0 radical (unpaired) electrons. The van der Waals surface area contributed by atoms with E-state index in [2.05, 4.69) is 28.0 Å². The first-order valence-electron chi connectivity index (χ1n) is 41.9. The van der Waals surface area contributed by atoms with Crippen LogP contribution < -0.4 is 58.6 Å². The number of fused-ring (bicyclic) bond motifs is 2. The lowest BCUT2D eigenvalue weighted by Crippen LogP contribution is -2.85. The van der Waals surface area contributed by atoms with Gasteiger partial charge in [-0.3, -0.25) is 19.7 Å². The number of nitrogens with one attached hydrogen (secondary N) is 3. The number of carbonyl (C=O) groups is 6. The molecule has 3 saturated heterocycles. The van der Waals surface area contributed by atoms with Gasteiger partial charge in [0.1, 0.15) is 103 Å². The Balaban J connectivity index is 0.862. The standard InChI is InChI=1S/C95H111Cl2N7O20S2/c1-60(104(48-15-16-49-104)52-67-59-126-88-84(95(45-50-121-95)103(88)81(67)89(108)120-57-65-29-39-72(115-14)40-30-65)100-86(106)80(101-124-94(8,9)90(109)122-92(2,3)4)66-19-17-20-77(125-58-66)99-91(110)123-93(5,6)7)51-102(87(107)74-42-44-76(117-54-62-23-33-69(112-11)34-24-62)83(79(74)97)119-56-64-27-37-71(114-13)38-28-64)47-18-46-98-85(105)73-41-43-75(116-53-61-21-31-68(111-10)32-22-61)82(78(73)96)118-55-63-25-35-70(113-12)36-26-63/h20-44,58,60,84,88H,15-19,45-57,59H2,1-14H3,(H2-,98,99,100,105,106,110)/p+1/b101-80-/t60-,84+,88-,95?/m1/s1. The maximum absolute atomic E-state index is 16.1. The van der Waals surface area contributed by atoms with Crippen LogP contribution in [0.25, 0.3) is 0 Å². The molecule has 126 heavy (non-hydrogen) atoms. The Hall–Kier alpha value is -11.0. The number of quaternary nitrogens is 1. The Labute approximate surface area is 754 Å². The second-order valence-corrected chi connectivity index (χ2v) is 36.4. The number of hydrogen-bond acceptors (Lipinski definition) is 24. The summed E-state index contributed by atoms with van der Waals surface area (Å²) in [7, 11) is 7.95. The average molecular weight is 1810 g/mol. The van der Waals surface area contributed by atoms with Crippen LogP contribution >= 0.6 is 46.7 Å². The summed E-state index contributed by atoms with van der Waals surface area (Å²) in [6.45, 7) is 18.3. The quantitative estimate of drug-likeness (QED) is 0.00809. The monoisotopic (exact) mass is 1800 g/mol. The number of carbonyl (C=O) groups excluding carboxylic acids is 6. The highest BCUT2D eigenvalue weighted by Gasteiger charge is 2.69. The van der Waals surface area contributed by atoms with Crippen LogP contribution in [0.2, 0.25) is 10.0 Å². The van der Waals surface area contributed by atoms with Gasteiger partial charge < -0.3 is 91.3 Å². The molecule has 4 atom stereocenters. The number of halogens is 2. The van der Waals surface area contributed by atoms with Crippen LogP contribution in [-0.2, 0) is 71.2 Å². The molecule has 672 valence electrons. The lowest BCUT2D eigenvalue weighted by molar-refractivity contribution is -0.933. The van der Waals surface area contributed by atoms with E-state index in [9.17, 15) is 14.4 Å². The molecule has 3 fully saturated rings. The van der Waals surface area contributed by atoms with Crippen LogP contribution in [0.5, 0.6) is 51.7 Å². The molecule has 1 unspecified atom stereocenters. The minimum atomic E-state index is -1.66. The Morgan fingerprint density at radius 1 is 0.627 bits per heavy atom. The van der Waals surface area contributed by atoms with Crippen LogP contribution in [0.4, 0.5) is 4.79 Å². The summed E-state index contributed by atoms with van der Waals surface area (Å²) in [5.74, 6) is 1.68. The van der Waals surface area contributed by atoms with Crippen molar-refractivity contribution in [3.8, 4) is 51.7 Å². The fourth-order valence-corrected chi connectivity index (χ4v) is 18.1. The Bertz CT molecular complexity index is 5140. The van der Waals surface area contributed by atoms with Gasteiger partial charge in [-0.1, -0.05) is 107 Å². The molecule has 5 heterocycles. The highest BCUT2D eigenvalue weighted by Crippen LogP contribution is 2.56. The molecule has 5 aliphatic rings. The van der Waals surface area contributed by atoms with Gasteiger partial charge in [-0.15, -0.1) is 11.8 Å². The number of nitrogens with zero attached hydrogens (tertiary/aromatic N) is 4. The second kappa shape index (κ2) is 42.1. The highest BCUT2D eigenvalue weighted by atomic mass is 35.5. The van der Waals surface area contributed by atoms with Crippen LogP contribution in [0.3, 0.4) is 0 Å². The van der Waals surface area contributed by atoms with E-state index < -0.39 is 69.7 Å². The predicted molar refractivity (Wildman–Crippen MR) is 483 cm³/mol. The summed E-state index contributed by atoms with van der Waals surface area (Å²) in [5, 5.41) is 15.3. The molecule has 5 aliphatic heterocycles. The van der Waals surface area contributed by atoms with Gasteiger partial charge in [0.2, 0.25) is 5.60 Å². The molecular formula is C95H112Cl2N7O20S2+. The number of likely N-dealkylation sites (tertiary alicyclic amines) is 1. The summed E-state index contributed by atoms with van der Waals surface area (Å²) in [4.78, 5) is 98.4. The smallest absolute Gasteiger partial charge is 0.412 e. The van der Waals surface area contributed by atoms with Gasteiger partial charge in [-0.05, 0) is 205 Å². The van der Waals surface area contributed by atoms with Crippen molar-refractivity contribution in [1.82, 2.24) is 25.8 Å². The number of rotatable bonds is 38. The maximum atomic E-state index is 16.1. The molecule has 0 saturated carbocycles. The van der Waals surface area contributed by atoms with Crippen LogP contribution in [0, 0.1) is 0 Å². The van der Waals surface area contributed by atoms with E-state index in [-0.39, 0.29) is 110 Å². The van der Waals surface area contributed by atoms with Crippen molar-refractivity contribution in [2.45, 2.75) is 174 Å². The van der Waals surface area contributed by atoms with Crippen LogP contribution in [-0.4, -0.2) is 183 Å². The molecule has 31 heteroatoms. The van der Waals surface area contributed by atoms with Gasteiger partial charge in [0, 0.05) is 43.7 Å². The first-order chi connectivity index (χ1) is 60.3. The van der Waals surface area contributed by atoms with E-state index >= 15 is 14.4 Å². The topological polar surface area (TPSA) is 287 Å². The van der Waals surface area contributed by atoms with Crippen molar-refractivity contribution in [3.05, 3.63) is 228 Å². The van der Waals surface area contributed by atoms with Gasteiger partial charge in [-0.2, -0.15) is 0 Å². The molecule has 27 nitrogen and oxygen atoms in total. The van der Waals surface area contributed by atoms with E-state index in [1.165, 1.54) is 13.8 Å². The SMILES string of the molecule is COc1ccc(COC(=O)C2=C(C[N+]3([C@H](C)CN(CCCNC(=O)c4ccc(OCc5ccc(OC)cc5)c(OCc5ccc(OC)cc5)c4Cl)C(=O)c4ccc(OCc5ccc(OC)cc5)c(OCc5ccc(OC)cc5)c4Cl)CCCC3)CS[C@@H]3[C@H](NC(=O)/C(=N\OC(C)(C)C(=O)OC(C)(C)C)C4=CSC(NC(=O)OC(C)(C)C)=CCC4)C4(CCO4)N23)cc1. The fourth-order valence-electron chi connectivity index (χ4n) is 15.2. The molecular weight excluding hydrogens is 1690 g/mol. The number of amides is 4. The zero-order chi connectivity index (χ0) is 90.1. The third kappa shape index (κ3) is 23.6. The minimum Gasteiger partial charge on any atom is -0.497 e. The summed E-state index contributed by atoms with van der Waals surface area (Å²) in [6.07, 6.45) is 4.12. The minimum absolute atomic E-state index is 0.0147. The molecule has 0 aliphatic carbocycles. The summed E-state index contributed by atoms with van der Waals surface area (Å²) in [5.41, 5.74) is 1.11. The molecule has 1 spiro atoms. The number of esters is 2. The number of thioether (sulfide) groups is 2. The number of allylic oxidation sites excluding steroid dienone is 1.